The third-order valence-corrected chi connectivity index (χ3v) is 2.80. The molecular formula is C15H17N2O. The van der Waals surface area contributed by atoms with Gasteiger partial charge in [-0.1, -0.05) is 49.7 Å². The zero-order valence-electron chi connectivity index (χ0n) is 10.5. The van der Waals surface area contributed by atoms with Crippen LogP contribution in [0, 0.1) is 0 Å². The summed E-state index contributed by atoms with van der Waals surface area (Å²) in [5.41, 5.74) is 0.724. The van der Waals surface area contributed by atoms with Crippen molar-refractivity contribution in [3.8, 4) is 0 Å². The van der Waals surface area contributed by atoms with E-state index in [1.165, 1.54) is 0 Å². The number of urea groups is 1. The van der Waals surface area contributed by atoms with Crippen LogP contribution in [0.15, 0.2) is 42.5 Å². The van der Waals surface area contributed by atoms with Gasteiger partial charge in [0.05, 0.1) is 5.69 Å². The zero-order valence-corrected chi connectivity index (χ0v) is 10.5. The Bertz CT molecular complexity index is 532. The highest BCUT2D eigenvalue weighted by Crippen LogP contribution is 2.22. The number of nitrogens with one attached hydrogen (secondary N) is 1. The Morgan fingerprint density at radius 1 is 1.17 bits per heavy atom. The first kappa shape index (κ1) is 12.4. The zero-order chi connectivity index (χ0) is 12.8. The summed E-state index contributed by atoms with van der Waals surface area (Å²) in [6, 6.07) is 13.5. The van der Waals surface area contributed by atoms with Gasteiger partial charge in [0.25, 0.3) is 0 Å². The molecule has 93 valence electrons. The molecule has 0 saturated carbocycles. The maximum Gasteiger partial charge on any atom is 0.341 e. The standard InChI is InChI=1S/C15H17N2O/c1-2-3-11-16-15(18)17-14-10-6-8-12-7-4-5-9-13(12)14/h4-10H,2-3,11H2,1H3,(H,16,18). The molecule has 0 saturated heterocycles. The Balaban J connectivity index is 2.09. The second kappa shape index (κ2) is 6.05. The molecule has 2 amide bonds. The van der Waals surface area contributed by atoms with Crippen molar-refractivity contribution >= 4 is 22.5 Å². The summed E-state index contributed by atoms with van der Waals surface area (Å²) in [6.07, 6.45) is 2.05. The van der Waals surface area contributed by atoms with Crippen molar-refractivity contribution in [2.45, 2.75) is 19.8 Å². The quantitative estimate of drug-likeness (QED) is 0.817. The van der Waals surface area contributed by atoms with E-state index >= 15 is 0 Å². The van der Waals surface area contributed by atoms with E-state index in [0.717, 1.165) is 29.3 Å². The molecule has 0 aliphatic heterocycles. The second-order valence-electron chi connectivity index (χ2n) is 4.20. The number of hydrogen-bond donors (Lipinski definition) is 1. The number of fused-ring (bicyclic) bond motifs is 1. The van der Waals surface area contributed by atoms with Crippen LogP contribution in [0.5, 0.6) is 0 Å². The van der Waals surface area contributed by atoms with Gasteiger partial charge in [-0.3, -0.25) is 0 Å². The van der Waals surface area contributed by atoms with Gasteiger partial charge < -0.3 is 5.32 Å². The lowest BCUT2D eigenvalue weighted by Gasteiger charge is -2.07. The lowest BCUT2D eigenvalue weighted by atomic mass is 10.1. The van der Waals surface area contributed by atoms with E-state index < -0.39 is 0 Å². The molecule has 3 nitrogen and oxygen atoms in total. The largest absolute Gasteiger partial charge is 0.341 e. The van der Waals surface area contributed by atoms with Crippen molar-refractivity contribution in [3.63, 3.8) is 0 Å². The Labute approximate surface area is 107 Å². The molecule has 0 bridgehead atoms. The van der Waals surface area contributed by atoms with Gasteiger partial charge in [-0.05, 0) is 17.9 Å². The van der Waals surface area contributed by atoms with Gasteiger partial charge in [0.1, 0.15) is 0 Å². The fraction of sp³-hybridized carbons (Fsp3) is 0.267. The van der Waals surface area contributed by atoms with Crippen LogP contribution in [-0.4, -0.2) is 12.6 Å². The lowest BCUT2D eigenvalue weighted by molar-refractivity contribution is 0.244. The van der Waals surface area contributed by atoms with Crippen molar-refractivity contribution in [1.82, 2.24) is 10.6 Å². The summed E-state index contributed by atoms with van der Waals surface area (Å²) in [5.74, 6) is 0. The fourth-order valence-corrected chi connectivity index (χ4v) is 1.83. The molecule has 2 aromatic carbocycles. The highest BCUT2D eigenvalue weighted by molar-refractivity contribution is 5.95. The van der Waals surface area contributed by atoms with E-state index in [1.807, 2.05) is 42.5 Å². The molecule has 1 radical (unpaired) electrons. The first-order valence-corrected chi connectivity index (χ1v) is 6.28. The predicted molar refractivity (Wildman–Crippen MR) is 74.0 cm³/mol. The SMILES string of the molecule is CCCCNC(=O)[N]c1cccc2ccccc12. The van der Waals surface area contributed by atoms with Crippen LogP contribution in [0.4, 0.5) is 10.5 Å². The minimum Gasteiger partial charge on any atom is -0.336 e. The van der Waals surface area contributed by atoms with Crippen molar-refractivity contribution in [1.29, 1.82) is 0 Å². The van der Waals surface area contributed by atoms with Crippen LogP contribution in [0.2, 0.25) is 0 Å². The highest BCUT2D eigenvalue weighted by Gasteiger charge is 2.06. The summed E-state index contributed by atoms with van der Waals surface area (Å²) in [4.78, 5) is 11.7. The van der Waals surface area contributed by atoms with E-state index in [4.69, 9.17) is 0 Å². The van der Waals surface area contributed by atoms with Crippen molar-refractivity contribution in [2.24, 2.45) is 0 Å². The summed E-state index contributed by atoms with van der Waals surface area (Å²) in [6.45, 7) is 2.78. The van der Waals surface area contributed by atoms with E-state index in [-0.39, 0.29) is 6.03 Å². The molecule has 3 heteroatoms. The first-order valence-electron chi connectivity index (χ1n) is 6.28. The van der Waals surface area contributed by atoms with Crippen LogP contribution >= 0.6 is 0 Å². The van der Waals surface area contributed by atoms with Gasteiger partial charge in [-0.25, -0.2) is 4.79 Å². The maximum atomic E-state index is 11.7. The number of amides is 2. The van der Waals surface area contributed by atoms with Crippen LogP contribution < -0.4 is 10.6 Å². The van der Waals surface area contributed by atoms with E-state index in [0.29, 0.717) is 6.54 Å². The van der Waals surface area contributed by atoms with Crippen LogP contribution in [0.1, 0.15) is 19.8 Å². The summed E-state index contributed by atoms with van der Waals surface area (Å²) in [5, 5.41) is 9.00. The molecule has 0 aliphatic rings. The van der Waals surface area contributed by atoms with E-state index in [2.05, 4.69) is 17.6 Å². The monoisotopic (exact) mass is 241 g/mol. The average Bonchev–Trinajstić information content (AvgIpc) is 2.39. The molecule has 0 unspecified atom stereocenters. The molecule has 2 aromatic rings. The Morgan fingerprint density at radius 2 is 1.94 bits per heavy atom. The molecule has 0 fully saturated rings. The maximum absolute atomic E-state index is 11.7. The van der Waals surface area contributed by atoms with Gasteiger partial charge in [0.15, 0.2) is 0 Å². The third kappa shape index (κ3) is 3.00. The Hall–Kier alpha value is -2.03. The van der Waals surface area contributed by atoms with Gasteiger partial charge in [0.2, 0.25) is 0 Å². The van der Waals surface area contributed by atoms with Gasteiger partial charge in [-0.2, -0.15) is 5.32 Å². The molecule has 18 heavy (non-hydrogen) atoms. The second-order valence-corrected chi connectivity index (χ2v) is 4.20. The first-order chi connectivity index (χ1) is 8.81. The van der Waals surface area contributed by atoms with Gasteiger partial charge in [-0.15, -0.1) is 0 Å². The molecule has 0 aliphatic carbocycles. The molecule has 0 aromatic heterocycles. The molecule has 2 rings (SSSR count). The normalized spacial score (nSPS) is 10.3. The fourth-order valence-electron chi connectivity index (χ4n) is 1.83. The van der Waals surface area contributed by atoms with Gasteiger partial charge in [0, 0.05) is 11.9 Å². The van der Waals surface area contributed by atoms with E-state index in [1.54, 1.807) is 0 Å². The molecule has 0 atom stereocenters. The Morgan fingerprint density at radius 3 is 2.78 bits per heavy atom. The van der Waals surface area contributed by atoms with Crippen LogP contribution in [0.3, 0.4) is 0 Å². The topological polar surface area (TPSA) is 43.2 Å². The lowest BCUT2D eigenvalue weighted by Crippen LogP contribution is -2.28. The number of unbranched alkanes of at least 4 members (excludes halogenated alkanes) is 1. The number of hydrogen-bond acceptors (Lipinski definition) is 1. The van der Waals surface area contributed by atoms with E-state index in [9.17, 15) is 4.79 Å². The molecule has 0 heterocycles. The number of benzene rings is 2. The summed E-state index contributed by atoms with van der Waals surface area (Å²) in [7, 11) is 0. The Kier molecular flexibility index (Phi) is 4.18. The van der Waals surface area contributed by atoms with Gasteiger partial charge >= 0.3 is 6.03 Å². The molecule has 0 spiro atoms. The summed E-state index contributed by atoms with van der Waals surface area (Å²) < 4.78 is 0. The highest BCUT2D eigenvalue weighted by atomic mass is 16.2. The predicted octanol–water partition coefficient (Wildman–Crippen LogP) is 3.59. The molecule has 1 N–H and O–H groups in total. The minimum absolute atomic E-state index is 0.264. The van der Waals surface area contributed by atoms with Crippen LogP contribution in [-0.2, 0) is 0 Å². The van der Waals surface area contributed by atoms with Crippen LogP contribution in [0.25, 0.3) is 10.8 Å². The number of nitrogens with zero attached hydrogens (tertiary/aromatic N) is 1. The van der Waals surface area contributed by atoms with Crippen molar-refractivity contribution in [2.75, 3.05) is 6.54 Å². The third-order valence-electron chi connectivity index (χ3n) is 2.80. The van der Waals surface area contributed by atoms with Crippen molar-refractivity contribution in [3.05, 3.63) is 42.5 Å². The van der Waals surface area contributed by atoms with Crippen molar-refractivity contribution < 1.29 is 4.79 Å². The molecular weight excluding hydrogens is 224 g/mol. The number of carbonyl (C=O) groups is 1. The summed E-state index contributed by atoms with van der Waals surface area (Å²) >= 11 is 0. The average molecular weight is 241 g/mol. The smallest absolute Gasteiger partial charge is 0.336 e. The minimum atomic E-state index is -0.264. The number of carbonyl (C=O) groups excluding carboxylic acids is 1. The number of rotatable bonds is 4.